The molecule has 0 unspecified atom stereocenters. The molecule has 0 radical (unpaired) electrons. The van der Waals surface area contributed by atoms with Gasteiger partial charge in [-0.2, -0.15) is 0 Å². The Morgan fingerprint density at radius 2 is 1.54 bits per heavy atom. The van der Waals surface area contributed by atoms with Crippen molar-refractivity contribution in [2.24, 2.45) is 0 Å². The van der Waals surface area contributed by atoms with Crippen LogP contribution < -0.4 is 11.5 Å². The van der Waals surface area contributed by atoms with Crippen molar-refractivity contribution in [1.82, 2.24) is 0 Å². The summed E-state index contributed by atoms with van der Waals surface area (Å²) in [6, 6.07) is 13.2. The highest BCUT2D eigenvalue weighted by Crippen LogP contribution is 2.37. The Bertz CT molecular complexity index is 1110. The molecule has 1 aliphatic carbocycles. The maximum absolute atomic E-state index is 12.3. The molecule has 3 aromatic carbocycles. The number of nitrogen functional groups attached to an aromatic ring is 2. The Morgan fingerprint density at radius 3 is 2.38 bits per heavy atom. The molecule has 4 heteroatoms. The van der Waals surface area contributed by atoms with E-state index in [1.54, 1.807) is 6.07 Å². The van der Waals surface area contributed by atoms with Gasteiger partial charge in [-0.1, -0.05) is 30.3 Å². The van der Waals surface area contributed by atoms with E-state index in [9.17, 15) is 9.59 Å². The average molecular weight is 314 g/mol. The molecule has 0 saturated carbocycles. The van der Waals surface area contributed by atoms with Crippen LogP contribution in [0, 0.1) is 0 Å². The lowest BCUT2D eigenvalue weighted by Crippen LogP contribution is -2.09. The summed E-state index contributed by atoms with van der Waals surface area (Å²) >= 11 is 0. The Labute approximate surface area is 138 Å². The van der Waals surface area contributed by atoms with Gasteiger partial charge >= 0.3 is 0 Å². The van der Waals surface area contributed by atoms with Gasteiger partial charge in [-0.3, -0.25) is 9.59 Å². The highest BCUT2D eigenvalue weighted by Gasteiger charge is 2.20. The summed E-state index contributed by atoms with van der Waals surface area (Å²) in [6.45, 7) is 0. The van der Waals surface area contributed by atoms with E-state index in [-0.39, 0.29) is 11.6 Å². The Hall–Kier alpha value is -3.40. The van der Waals surface area contributed by atoms with Crippen molar-refractivity contribution < 1.29 is 9.59 Å². The first-order valence-corrected chi connectivity index (χ1v) is 7.54. The maximum Gasteiger partial charge on any atom is 0.186 e. The van der Waals surface area contributed by atoms with Crippen molar-refractivity contribution in [2.45, 2.75) is 0 Å². The van der Waals surface area contributed by atoms with E-state index >= 15 is 0 Å². The third-order valence-electron chi connectivity index (χ3n) is 4.33. The van der Waals surface area contributed by atoms with Crippen LogP contribution in [0.4, 0.5) is 11.4 Å². The molecule has 0 bridgehead atoms. The first-order chi connectivity index (χ1) is 11.6. The minimum Gasteiger partial charge on any atom is -0.398 e. The fourth-order valence-electron chi connectivity index (χ4n) is 3.24. The molecule has 3 aromatic rings. The van der Waals surface area contributed by atoms with Gasteiger partial charge in [0.25, 0.3) is 0 Å². The molecule has 0 heterocycles. The summed E-state index contributed by atoms with van der Waals surface area (Å²) < 4.78 is 0. The monoisotopic (exact) mass is 314 g/mol. The number of benzene rings is 3. The van der Waals surface area contributed by atoms with E-state index in [0.29, 0.717) is 22.5 Å². The smallest absolute Gasteiger partial charge is 0.186 e. The predicted octanol–water partition coefficient (Wildman–Crippen LogP) is 3.25. The topological polar surface area (TPSA) is 86.2 Å². The molecule has 1 aliphatic rings. The van der Waals surface area contributed by atoms with Crippen molar-refractivity contribution in [2.75, 3.05) is 11.5 Å². The summed E-state index contributed by atoms with van der Waals surface area (Å²) in [5.74, 6) is -0.448. The van der Waals surface area contributed by atoms with Gasteiger partial charge in [-0.15, -0.1) is 0 Å². The lowest BCUT2D eigenvalue weighted by molar-refractivity contribution is -0.113. The SMILES string of the molecule is Nc1ccc2c(ccc3cccc(N)c32)c1C1=CC(=O)C=CC1=O. The number of ketones is 2. The van der Waals surface area contributed by atoms with E-state index in [0.717, 1.165) is 21.5 Å². The third kappa shape index (κ3) is 2.01. The minimum atomic E-state index is -0.227. The molecule has 0 atom stereocenters. The van der Waals surface area contributed by atoms with Crippen LogP contribution in [0.1, 0.15) is 5.56 Å². The Balaban J connectivity index is 2.14. The van der Waals surface area contributed by atoms with Gasteiger partial charge in [0.15, 0.2) is 11.6 Å². The number of carbonyl (C=O) groups is 2. The van der Waals surface area contributed by atoms with Crippen molar-refractivity contribution in [3.63, 3.8) is 0 Å². The number of hydrogen-bond donors (Lipinski definition) is 2. The first-order valence-electron chi connectivity index (χ1n) is 7.54. The molecule has 0 amide bonds. The number of hydrogen-bond acceptors (Lipinski definition) is 4. The lowest BCUT2D eigenvalue weighted by atomic mass is 9.89. The molecule has 24 heavy (non-hydrogen) atoms. The summed E-state index contributed by atoms with van der Waals surface area (Å²) in [7, 11) is 0. The molecule has 0 saturated heterocycles. The minimum absolute atomic E-state index is 0.221. The number of fused-ring (bicyclic) bond motifs is 3. The second kappa shape index (κ2) is 5.06. The van der Waals surface area contributed by atoms with Gasteiger partial charge in [0.2, 0.25) is 0 Å². The van der Waals surface area contributed by atoms with Crippen molar-refractivity contribution in [3.8, 4) is 0 Å². The molecular formula is C20H14N2O2. The number of anilines is 2. The largest absolute Gasteiger partial charge is 0.398 e. The van der Waals surface area contributed by atoms with Crippen LogP contribution in [0.2, 0.25) is 0 Å². The molecule has 0 fully saturated rings. The van der Waals surface area contributed by atoms with Crippen LogP contribution in [-0.4, -0.2) is 11.6 Å². The fraction of sp³-hybridized carbons (Fsp3) is 0. The molecular weight excluding hydrogens is 300 g/mol. The Morgan fingerprint density at radius 1 is 0.750 bits per heavy atom. The second-order valence-electron chi connectivity index (χ2n) is 5.79. The van der Waals surface area contributed by atoms with Crippen LogP contribution in [0.5, 0.6) is 0 Å². The van der Waals surface area contributed by atoms with Gasteiger partial charge in [0, 0.05) is 27.9 Å². The number of carbonyl (C=O) groups excluding carboxylic acids is 2. The van der Waals surface area contributed by atoms with Crippen LogP contribution in [-0.2, 0) is 9.59 Å². The summed E-state index contributed by atoms with van der Waals surface area (Å²) in [5.41, 5.74) is 14.3. The average Bonchev–Trinajstić information content (AvgIpc) is 2.57. The highest BCUT2D eigenvalue weighted by atomic mass is 16.1. The zero-order valence-corrected chi connectivity index (χ0v) is 12.7. The lowest BCUT2D eigenvalue weighted by Gasteiger charge is -2.15. The molecule has 116 valence electrons. The van der Waals surface area contributed by atoms with Crippen molar-refractivity contribution in [1.29, 1.82) is 0 Å². The van der Waals surface area contributed by atoms with Crippen LogP contribution in [0.3, 0.4) is 0 Å². The van der Waals surface area contributed by atoms with Gasteiger partial charge in [-0.25, -0.2) is 0 Å². The molecule has 4 nitrogen and oxygen atoms in total. The predicted molar refractivity (Wildman–Crippen MR) is 97.4 cm³/mol. The number of rotatable bonds is 1. The third-order valence-corrected chi connectivity index (χ3v) is 4.33. The molecule has 4 rings (SSSR count). The zero-order valence-electron chi connectivity index (χ0n) is 12.7. The van der Waals surface area contributed by atoms with Gasteiger partial charge in [0.05, 0.1) is 0 Å². The van der Waals surface area contributed by atoms with Gasteiger partial charge in [0.1, 0.15) is 0 Å². The second-order valence-corrected chi connectivity index (χ2v) is 5.79. The summed E-state index contributed by atoms with van der Waals surface area (Å²) in [6.07, 6.45) is 3.89. The zero-order chi connectivity index (χ0) is 16.8. The number of allylic oxidation sites excluding steroid dienone is 4. The van der Waals surface area contributed by atoms with E-state index < -0.39 is 0 Å². The van der Waals surface area contributed by atoms with Crippen molar-refractivity contribution >= 4 is 50.1 Å². The summed E-state index contributed by atoms with van der Waals surface area (Å²) in [5, 5.41) is 3.65. The van der Waals surface area contributed by atoms with Crippen LogP contribution in [0.15, 0.2) is 60.7 Å². The highest BCUT2D eigenvalue weighted by molar-refractivity contribution is 6.37. The standard InChI is InChI=1S/C20H14N2O2/c21-16-3-1-2-11-4-6-14-13(19(11)16)7-8-17(22)20(14)15-10-12(23)5-9-18(15)24/h1-10H,21-22H2. The first kappa shape index (κ1) is 14.2. The van der Waals surface area contributed by atoms with Crippen LogP contribution >= 0.6 is 0 Å². The molecule has 0 aromatic heterocycles. The normalized spacial score (nSPS) is 14.4. The summed E-state index contributed by atoms with van der Waals surface area (Å²) in [4.78, 5) is 24.0. The van der Waals surface area contributed by atoms with Crippen molar-refractivity contribution in [3.05, 3.63) is 66.3 Å². The molecule has 0 aliphatic heterocycles. The number of nitrogens with two attached hydrogens (primary N) is 2. The fourth-order valence-corrected chi connectivity index (χ4v) is 3.24. The van der Waals surface area contributed by atoms with E-state index in [2.05, 4.69) is 0 Å². The van der Waals surface area contributed by atoms with Gasteiger partial charge < -0.3 is 11.5 Å². The van der Waals surface area contributed by atoms with E-state index in [1.165, 1.54) is 18.2 Å². The molecule has 4 N–H and O–H groups in total. The maximum atomic E-state index is 12.3. The Kier molecular flexibility index (Phi) is 3.00. The molecule has 0 spiro atoms. The van der Waals surface area contributed by atoms with Crippen LogP contribution in [0.25, 0.3) is 27.1 Å². The van der Waals surface area contributed by atoms with E-state index in [1.807, 2.05) is 36.4 Å². The van der Waals surface area contributed by atoms with E-state index in [4.69, 9.17) is 11.5 Å². The quantitative estimate of drug-likeness (QED) is 0.410. The van der Waals surface area contributed by atoms with Gasteiger partial charge in [-0.05, 0) is 46.5 Å².